The highest BCUT2D eigenvalue weighted by atomic mass is 16.6. The van der Waals surface area contributed by atoms with Gasteiger partial charge in [-0.2, -0.15) is 0 Å². The number of anilines is 1. The molecule has 4 rings (SSSR count). The van der Waals surface area contributed by atoms with Gasteiger partial charge < -0.3 is 24.8 Å². The number of benzene rings is 2. The maximum Gasteiger partial charge on any atom is 0.319 e. The number of amides is 2. The minimum absolute atomic E-state index is 0.0772. The van der Waals surface area contributed by atoms with E-state index in [2.05, 4.69) is 10.6 Å². The van der Waals surface area contributed by atoms with Crippen LogP contribution >= 0.6 is 0 Å². The van der Waals surface area contributed by atoms with Gasteiger partial charge in [0.2, 0.25) is 0 Å². The van der Waals surface area contributed by atoms with E-state index in [4.69, 9.17) is 14.2 Å². The van der Waals surface area contributed by atoms with Crippen molar-refractivity contribution in [1.29, 1.82) is 0 Å². The number of ether oxygens (including phenoxy) is 3. The molecule has 0 unspecified atom stereocenters. The smallest absolute Gasteiger partial charge is 0.319 e. The third kappa shape index (κ3) is 2.82. The van der Waals surface area contributed by atoms with Crippen LogP contribution in [0.4, 0.5) is 10.5 Å². The fourth-order valence-corrected chi connectivity index (χ4v) is 2.98. The number of carbonyl (C=O) groups is 1. The van der Waals surface area contributed by atoms with Crippen LogP contribution in [0.5, 0.6) is 17.2 Å². The van der Waals surface area contributed by atoms with Crippen molar-refractivity contribution in [3.8, 4) is 17.2 Å². The highest BCUT2D eigenvalue weighted by Crippen LogP contribution is 2.37. The van der Waals surface area contributed by atoms with E-state index < -0.39 is 0 Å². The Morgan fingerprint density at radius 1 is 0.917 bits per heavy atom. The second-order valence-electron chi connectivity index (χ2n) is 5.66. The first-order valence-corrected chi connectivity index (χ1v) is 7.99. The zero-order valence-electron chi connectivity index (χ0n) is 13.1. The number of fused-ring (bicyclic) bond motifs is 2. The molecule has 2 aliphatic heterocycles. The summed E-state index contributed by atoms with van der Waals surface area (Å²) in [6.45, 7) is 1.57. The van der Waals surface area contributed by atoms with E-state index in [1.54, 1.807) is 6.07 Å². The van der Waals surface area contributed by atoms with Gasteiger partial charge in [0, 0.05) is 12.0 Å². The van der Waals surface area contributed by atoms with Crippen molar-refractivity contribution in [2.24, 2.45) is 0 Å². The lowest BCUT2D eigenvalue weighted by Gasteiger charge is -2.27. The summed E-state index contributed by atoms with van der Waals surface area (Å²) in [7, 11) is 0. The van der Waals surface area contributed by atoms with E-state index in [1.165, 1.54) is 0 Å². The molecule has 0 spiro atoms. The van der Waals surface area contributed by atoms with Gasteiger partial charge in [-0.1, -0.05) is 24.3 Å². The second-order valence-corrected chi connectivity index (χ2v) is 5.66. The Morgan fingerprint density at radius 2 is 1.71 bits per heavy atom. The zero-order valence-corrected chi connectivity index (χ0v) is 13.1. The fraction of sp³-hybridized carbons (Fsp3) is 0.278. The number of hydrogen-bond acceptors (Lipinski definition) is 4. The topological polar surface area (TPSA) is 68.8 Å². The number of hydrogen-bond donors (Lipinski definition) is 2. The summed E-state index contributed by atoms with van der Waals surface area (Å²) in [5, 5.41) is 5.86. The van der Waals surface area contributed by atoms with Crippen molar-refractivity contribution in [2.45, 2.75) is 12.5 Å². The van der Waals surface area contributed by atoms with Gasteiger partial charge in [0.1, 0.15) is 19.0 Å². The van der Waals surface area contributed by atoms with Crippen molar-refractivity contribution < 1.29 is 19.0 Å². The summed E-state index contributed by atoms with van der Waals surface area (Å²) in [6, 6.07) is 12.9. The Labute approximate surface area is 139 Å². The molecular weight excluding hydrogens is 308 g/mol. The average Bonchev–Trinajstić information content (AvgIpc) is 2.62. The SMILES string of the molecule is O=C(Nc1cccc2c1OCCO2)N[C@@H]1CCOc2ccccc21. The molecule has 2 heterocycles. The third-order valence-electron chi connectivity index (χ3n) is 4.08. The van der Waals surface area contributed by atoms with Gasteiger partial charge in [0.15, 0.2) is 11.5 Å². The maximum absolute atomic E-state index is 12.4. The van der Waals surface area contributed by atoms with E-state index in [-0.39, 0.29) is 12.1 Å². The molecule has 124 valence electrons. The zero-order chi connectivity index (χ0) is 16.4. The first-order valence-electron chi connectivity index (χ1n) is 7.99. The van der Waals surface area contributed by atoms with Gasteiger partial charge in [-0.3, -0.25) is 0 Å². The quantitative estimate of drug-likeness (QED) is 0.890. The molecule has 0 bridgehead atoms. The molecule has 1 atom stereocenters. The summed E-state index contributed by atoms with van der Waals surface area (Å²) in [5.74, 6) is 2.05. The number of carbonyl (C=O) groups excluding carboxylic acids is 1. The molecule has 2 amide bonds. The van der Waals surface area contributed by atoms with E-state index in [0.29, 0.717) is 37.0 Å². The van der Waals surface area contributed by atoms with Crippen LogP contribution in [0, 0.1) is 0 Å². The predicted molar refractivity (Wildman–Crippen MR) is 88.9 cm³/mol. The lowest BCUT2D eigenvalue weighted by molar-refractivity contribution is 0.172. The summed E-state index contributed by atoms with van der Waals surface area (Å²) in [4.78, 5) is 12.4. The fourth-order valence-electron chi connectivity index (χ4n) is 2.98. The first kappa shape index (κ1) is 14.7. The lowest BCUT2D eigenvalue weighted by Crippen LogP contribution is -2.35. The van der Waals surface area contributed by atoms with Crippen molar-refractivity contribution in [3.63, 3.8) is 0 Å². The molecule has 6 heteroatoms. The second kappa shape index (κ2) is 6.31. The lowest BCUT2D eigenvalue weighted by atomic mass is 10.0. The van der Waals surface area contributed by atoms with E-state index in [1.807, 2.05) is 36.4 Å². The van der Waals surface area contributed by atoms with Crippen LogP contribution in [0.25, 0.3) is 0 Å². The molecule has 6 nitrogen and oxygen atoms in total. The largest absolute Gasteiger partial charge is 0.493 e. The Balaban J connectivity index is 1.49. The molecule has 0 aliphatic carbocycles. The van der Waals surface area contributed by atoms with Crippen molar-refractivity contribution in [3.05, 3.63) is 48.0 Å². The van der Waals surface area contributed by atoms with Gasteiger partial charge in [-0.25, -0.2) is 4.79 Å². The van der Waals surface area contributed by atoms with Gasteiger partial charge in [-0.15, -0.1) is 0 Å². The number of rotatable bonds is 2. The van der Waals surface area contributed by atoms with Crippen LogP contribution in [0.1, 0.15) is 18.0 Å². The van der Waals surface area contributed by atoms with Gasteiger partial charge in [0.25, 0.3) is 0 Å². The van der Waals surface area contributed by atoms with Crippen LogP contribution in [0.2, 0.25) is 0 Å². The highest BCUT2D eigenvalue weighted by Gasteiger charge is 2.23. The highest BCUT2D eigenvalue weighted by molar-refractivity contribution is 5.92. The van der Waals surface area contributed by atoms with Crippen LogP contribution in [0.15, 0.2) is 42.5 Å². The van der Waals surface area contributed by atoms with E-state index >= 15 is 0 Å². The Morgan fingerprint density at radius 3 is 2.67 bits per heavy atom. The molecule has 0 radical (unpaired) electrons. The average molecular weight is 326 g/mol. The van der Waals surface area contributed by atoms with E-state index in [0.717, 1.165) is 17.7 Å². The monoisotopic (exact) mass is 326 g/mol. The number of nitrogens with one attached hydrogen (secondary N) is 2. The van der Waals surface area contributed by atoms with Crippen molar-refractivity contribution in [2.75, 3.05) is 25.1 Å². The van der Waals surface area contributed by atoms with E-state index in [9.17, 15) is 4.79 Å². The number of para-hydroxylation sites is 2. The Hall–Kier alpha value is -2.89. The molecule has 2 aliphatic rings. The molecule has 0 aromatic heterocycles. The van der Waals surface area contributed by atoms with Crippen LogP contribution in [-0.2, 0) is 0 Å². The standard InChI is InChI=1S/C18H18N2O4/c21-18(19-13-8-9-22-15-6-2-1-4-12(13)15)20-14-5-3-7-16-17(14)24-11-10-23-16/h1-7,13H,8-11H2,(H2,19,20,21)/t13-/m1/s1. The van der Waals surface area contributed by atoms with Crippen molar-refractivity contribution in [1.82, 2.24) is 5.32 Å². The minimum Gasteiger partial charge on any atom is -0.493 e. The van der Waals surface area contributed by atoms with Gasteiger partial charge in [-0.05, 0) is 18.2 Å². The molecular formula is C18H18N2O4. The number of urea groups is 1. The summed E-state index contributed by atoms with van der Waals surface area (Å²) in [5.41, 5.74) is 1.60. The van der Waals surface area contributed by atoms with Crippen LogP contribution in [0.3, 0.4) is 0 Å². The molecule has 2 aromatic rings. The Kier molecular flexibility index (Phi) is 3.86. The van der Waals surface area contributed by atoms with Crippen LogP contribution in [-0.4, -0.2) is 25.9 Å². The first-order chi connectivity index (χ1) is 11.8. The molecule has 2 aromatic carbocycles. The van der Waals surface area contributed by atoms with Crippen molar-refractivity contribution >= 4 is 11.7 Å². The van der Waals surface area contributed by atoms with Crippen LogP contribution < -0.4 is 24.8 Å². The summed E-state index contributed by atoms with van der Waals surface area (Å²) < 4.78 is 16.8. The molecule has 0 fully saturated rings. The van der Waals surface area contributed by atoms with Gasteiger partial charge >= 0.3 is 6.03 Å². The molecule has 0 saturated heterocycles. The molecule has 24 heavy (non-hydrogen) atoms. The normalized spacial score (nSPS) is 18.1. The molecule has 2 N–H and O–H groups in total. The summed E-state index contributed by atoms with van der Waals surface area (Å²) in [6.07, 6.45) is 0.733. The van der Waals surface area contributed by atoms with Gasteiger partial charge in [0.05, 0.1) is 18.3 Å². The Bertz CT molecular complexity index is 762. The maximum atomic E-state index is 12.4. The summed E-state index contributed by atoms with van der Waals surface area (Å²) >= 11 is 0. The minimum atomic E-state index is -0.278. The molecule has 0 saturated carbocycles. The predicted octanol–water partition coefficient (Wildman–Crippen LogP) is 3.10. The third-order valence-corrected chi connectivity index (χ3v) is 4.08.